The third-order valence-corrected chi connectivity index (χ3v) is 6.76. The van der Waals surface area contributed by atoms with Gasteiger partial charge in [-0.3, -0.25) is 14.4 Å². The lowest BCUT2D eigenvalue weighted by Gasteiger charge is -2.36. The van der Waals surface area contributed by atoms with Crippen LogP contribution in [0.5, 0.6) is 5.75 Å². The zero-order valence-electron chi connectivity index (χ0n) is 21.0. The molecule has 3 amide bonds. The summed E-state index contributed by atoms with van der Waals surface area (Å²) in [5.74, 6) is 0.292. The summed E-state index contributed by atoms with van der Waals surface area (Å²) >= 11 is 0. The SMILES string of the molecule is CC[C@H](C)NC(=O)[C@H](NC(=O)c1ccc(OC)cc1)C1CCN(C(=O)CCc2ccccc2)CC1. The molecule has 0 spiro atoms. The van der Waals surface area contributed by atoms with Crippen LogP contribution < -0.4 is 15.4 Å². The number of aryl methyl sites for hydroxylation is 1. The number of ether oxygens (including phenoxy) is 1. The van der Waals surface area contributed by atoms with Crippen LogP contribution in [0.15, 0.2) is 54.6 Å². The maximum absolute atomic E-state index is 13.1. The number of nitrogens with zero attached hydrogens (tertiary/aromatic N) is 1. The van der Waals surface area contributed by atoms with Gasteiger partial charge in [-0.25, -0.2) is 0 Å². The van der Waals surface area contributed by atoms with E-state index in [-0.39, 0.29) is 29.7 Å². The number of likely N-dealkylation sites (tertiary alicyclic amines) is 1. The molecule has 2 N–H and O–H groups in total. The van der Waals surface area contributed by atoms with Gasteiger partial charge < -0.3 is 20.3 Å². The Balaban J connectivity index is 1.61. The first-order chi connectivity index (χ1) is 16.9. The van der Waals surface area contributed by atoms with E-state index >= 15 is 0 Å². The molecule has 0 aliphatic carbocycles. The first-order valence-electron chi connectivity index (χ1n) is 12.5. The summed E-state index contributed by atoms with van der Waals surface area (Å²) in [4.78, 5) is 40.7. The molecule has 2 aromatic carbocycles. The highest BCUT2D eigenvalue weighted by Gasteiger charge is 2.34. The highest BCUT2D eigenvalue weighted by atomic mass is 16.5. The lowest BCUT2D eigenvalue weighted by Crippen LogP contribution is -2.55. The zero-order valence-corrected chi connectivity index (χ0v) is 21.0. The van der Waals surface area contributed by atoms with E-state index in [0.717, 1.165) is 18.4 Å². The molecule has 7 heteroatoms. The molecule has 1 aliphatic heterocycles. The van der Waals surface area contributed by atoms with E-state index < -0.39 is 6.04 Å². The van der Waals surface area contributed by atoms with Gasteiger partial charge in [0.25, 0.3) is 5.91 Å². The van der Waals surface area contributed by atoms with E-state index in [1.54, 1.807) is 31.4 Å². The average molecular weight is 480 g/mol. The molecule has 1 fully saturated rings. The summed E-state index contributed by atoms with van der Waals surface area (Å²) in [7, 11) is 1.57. The van der Waals surface area contributed by atoms with Crippen molar-refractivity contribution in [1.29, 1.82) is 0 Å². The second-order valence-electron chi connectivity index (χ2n) is 9.20. The van der Waals surface area contributed by atoms with Crippen LogP contribution in [-0.4, -0.2) is 54.9 Å². The average Bonchev–Trinajstić information content (AvgIpc) is 2.90. The molecule has 188 valence electrons. The van der Waals surface area contributed by atoms with Crippen LogP contribution in [0.4, 0.5) is 0 Å². The van der Waals surface area contributed by atoms with Crippen molar-refractivity contribution < 1.29 is 19.1 Å². The Hall–Kier alpha value is -3.35. The maximum atomic E-state index is 13.1. The molecule has 1 aliphatic rings. The monoisotopic (exact) mass is 479 g/mol. The number of rotatable bonds is 10. The van der Waals surface area contributed by atoms with E-state index in [1.165, 1.54) is 0 Å². The molecule has 0 bridgehead atoms. The van der Waals surface area contributed by atoms with E-state index in [9.17, 15) is 14.4 Å². The van der Waals surface area contributed by atoms with Crippen molar-refractivity contribution in [2.45, 2.75) is 58.0 Å². The second kappa shape index (κ2) is 12.9. The maximum Gasteiger partial charge on any atom is 0.251 e. The first kappa shape index (κ1) is 26.3. The van der Waals surface area contributed by atoms with Crippen molar-refractivity contribution in [2.75, 3.05) is 20.2 Å². The molecule has 7 nitrogen and oxygen atoms in total. The highest BCUT2D eigenvalue weighted by molar-refractivity contribution is 5.97. The number of carbonyl (C=O) groups is 3. The Kier molecular flexibility index (Phi) is 9.70. The fourth-order valence-electron chi connectivity index (χ4n) is 4.34. The molecule has 0 saturated carbocycles. The van der Waals surface area contributed by atoms with Crippen molar-refractivity contribution >= 4 is 17.7 Å². The standard InChI is InChI=1S/C28H37N3O4/c1-4-20(2)29-28(34)26(30-27(33)23-11-13-24(35-3)14-12-23)22-16-18-31(19-17-22)25(32)15-10-21-8-6-5-7-9-21/h5-9,11-14,20,22,26H,4,10,15-19H2,1-3H3,(H,29,34)(H,30,33)/t20-,26+/m0/s1. The first-order valence-corrected chi connectivity index (χ1v) is 12.5. The predicted octanol–water partition coefficient (Wildman–Crippen LogP) is 3.58. The quantitative estimate of drug-likeness (QED) is 0.545. The third kappa shape index (κ3) is 7.57. The number of hydrogen-bond acceptors (Lipinski definition) is 4. The van der Waals surface area contributed by atoms with Crippen LogP contribution in [0.2, 0.25) is 0 Å². The van der Waals surface area contributed by atoms with Gasteiger partial charge in [-0.2, -0.15) is 0 Å². The normalized spacial score (nSPS) is 15.7. The van der Waals surface area contributed by atoms with Gasteiger partial charge >= 0.3 is 0 Å². The van der Waals surface area contributed by atoms with E-state index in [1.807, 2.05) is 49.1 Å². The molecule has 3 rings (SSSR count). The summed E-state index contributed by atoms with van der Waals surface area (Å²) in [6, 6.07) is 16.2. The number of amides is 3. The Bertz CT molecular complexity index is 969. The van der Waals surface area contributed by atoms with Crippen LogP contribution in [0.3, 0.4) is 0 Å². The molecule has 0 unspecified atom stereocenters. The molecule has 35 heavy (non-hydrogen) atoms. The minimum absolute atomic E-state index is 0.0162. The lowest BCUT2D eigenvalue weighted by molar-refractivity contribution is -0.133. The van der Waals surface area contributed by atoms with Crippen molar-refractivity contribution in [3.63, 3.8) is 0 Å². The van der Waals surface area contributed by atoms with Crippen LogP contribution >= 0.6 is 0 Å². The molecule has 0 aromatic heterocycles. The topological polar surface area (TPSA) is 87.7 Å². The number of piperidine rings is 1. The van der Waals surface area contributed by atoms with Gasteiger partial charge in [0.15, 0.2) is 0 Å². The molecular weight excluding hydrogens is 442 g/mol. The van der Waals surface area contributed by atoms with Crippen LogP contribution in [-0.2, 0) is 16.0 Å². The summed E-state index contributed by atoms with van der Waals surface area (Å²) in [5, 5.41) is 5.99. The number of hydrogen-bond donors (Lipinski definition) is 2. The van der Waals surface area contributed by atoms with Crippen LogP contribution in [0.1, 0.15) is 55.5 Å². The van der Waals surface area contributed by atoms with Crippen LogP contribution in [0, 0.1) is 5.92 Å². The zero-order chi connectivity index (χ0) is 25.2. The smallest absolute Gasteiger partial charge is 0.251 e. The minimum atomic E-state index is -0.653. The third-order valence-electron chi connectivity index (χ3n) is 6.76. The fraction of sp³-hybridized carbons (Fsp3) is 0.464. The molecule has 1 heterocycles. The summed E-state index contributed by atoms with van der Waals surface area (Å²) in [6.45, 7) is 5.14. The number of carbonyl (C=O) groups excluding carboxylic acids is 3. The van der Waals surface area contributed by atoms with Crippen molar-refractivity contribution in [3.8, 4) is 5.75 Å². The van der Waals surface area contributed by atoms with Crippen LogP contribution in [0.25, 0.3) is 0 Å². The Morgan fingerprint density at radius 3 is 2.26 bits per heavy atom. The molecule has 2 atom stereocenters. The molecule has 1 saturated heterocycles. The second-order valence-corrected chi connectivity index (χ2v) is 9.20. The van der Waals surface area contributed by atoms with E-state index in [2.05, 4.69) is 10.6 Å². The van der Waals surface area contributed by atoms with E-state index in [0.29, 0.717) is 43.7 Å². The fourth-order valence-corrected chi connectivity index (χ4v) is 4.34. The summed E-state index contributed by atoms with van der Waals surface area (Å²) in [5.41, 5.74) is 1.62. The van der Waals surface area contributed by atoms with Crippen molar-refractivity contribution in [3.05, 3.63) is 65.7 Å². The van der Waals surface area contributed by atoms with Gasteiger partial charge in [0.2, 0.25) is 11.8 Å². The number of methoxy groups -OCH3 is 1. The van der Waals surface area contributed by atoms with Gasteiger partial charge in [0.1, 0.15) is 11.8 Å². The lowest BCUT2D eigenvalue weighted by atomic mass is 9.88. The van der Waals surface area contributed by atoms with Gasteiger partial charge in [-0.05, 0) is 68.4 Å². The van der Waals surface area contributed by atoms with Gasteiger partial charge in [0, 0.05) is 31.1 Å². The summed E-state index contributed by atoms with van der Waals surface area (Å²) < 4.78 is 5.16. The Morgan fingerprint density at radius 2 is 1.66 bits per heavy atom. The predicted molar refractivity (Wildman–Crippen MR) is 136 cm³/mol. The molecule has 2 aromatic rings. The number of benzene rings is 2. The van der Waals surface area contributed by atoms with Crippen molar-refractivity contribution in [1.82, 2.24) is 15.5 Å². The molecular formula is C28H37N3O4. The largest absolute Gasteiger partial charge is 0.497 e. The van der Waals surface area contributed by atoms with E-state index in [4.69, 9.17) is 4.74 Å². The molecule has 0 radical (unpaired) electrons. The number of nitrogens with one attached hydrogen (secondary N) is 2. The highest BCUT2D eigenvalue weighted by Crippen LogP contribution is 2.23. The Morgan fingerprint density at radius 1 is 1.00 bits per heavy atom. The summed E-state index contributed by atoms with van der Waals surface area (Å²) in [6.07, 6.45) is 3.33. The van der Waals surface area contributed by atoms with Crippen molar-refractivity contribution in [2.24, 2.45) is 5.92 Å². The van der Waals surface area contributed by atoms with Gasteiger partial charge in [-0.15, -0.1) is 0 Å². The Labute approximate surface area is 208 Å². The van der Waals surface area contributed by atoms with Gasteiger partial charge in [0.05, 0.1) is 7.11 Å². The van der Waals surface area contributed by atoms with Gasteiger partial charge in [-0.1, -0.05) is 37.3 Å². The minimum Gasteiger partial charge on any atom is -0.497 e.